The van der Waals surface area contributed by atoms with Crippen molar-refractivity contribution in [2.45, 2.75) is 19.4 Å². The maximum Gasteiger partial charge on any atom is 0.217 e. The Kier molecular flexibility index (Phi) is 4.27. The molecule has 0 spiro atoms. The van der Waals surface area contributed by atoms with E-state index in [1.54, 1.807) is 38.1 Å². The van der Waals surface area contributed by atoms with Crippen molar-refractivity contribution in [3.8, 4) is 6.07 Å². The van der Waals surface area contributed by atoms with Crippen molar-refractivity contribution >= 4 is 35.0 Å². The molecule has 0 N–H and O–H groups in total. The first-order valence-corrected chi connectivity index (χ1v) is 5.70. The highest BCUT2D eigenvalue weighted by molar-refractivity contribution is 7.97. The van der Waals surface area contributed by atoms with Crippen LogP contribution in [-0.4, -0.2) is 15.8 Å². The van der Waals surface area contributed by atoms with E-state index in [1.165, 1.54) is 0 Å². The summed E-state index contributed by atoms with van der Waals surface area (Å²) in [5.74, 6) is 0. The first kappa shape index (κ1) is 13.7. The Labute approximate surface area is 111 Å². The van der Waals surface area contributed by atoms with Gasteiger partial charge >= 0.3 is 0 Å². The second kappa shape index (κ2) is 5.30. The Hall–Kier alpha value is -1.38. The van der Waals surface area contributed by atoms with E-state index in [-0.39, 0.29) is 10.2 Å². The molecule has 0 fully saturated rings. The Morgan fingerprint density at radius 1 is 1.41 bits per heavy atom. The number of carbonyl (C=O) groups excluding carboxylic acids is 1. The molecule has 1 aromatic carbocycles. The zero-order chi connectivity index (χ0) is 13.1. The maximum atomic E-state index is 11.3. The van der Waals surface area contributed by atoms with Crippen LogP contribution in [0.4, 0.5) is 0 Å². The number of thiol groups is 1. The molecular weight excluding hydrogens is 254 g/mol. The third-order valence-corrected chi connectivity index (χ3v) is 2.54. The lowest BCUT2D eigenvalue weighted by Crippen LogP contribution is -2.26. The van der Waals surface area contributed by atoms with E-state index >= 15 is 0 Å². The Balaban J connectivity index is 3.06. The van der Waals surface area contributed by atoms with Gasteiger partial charge < -0.3 is 4.74 Å². The molecule has 0 aliphatic heterocycles. The van der Waals surface area contributed by atoms with Crippen LogP contribution in [-0.2, 0) is 4.74 Å². The summed E-state index contributed by atoms with van der Waals surface area (Å²) in [5, 5.41) is 8.58. The second-order valence-electron chi connectivity index (χ2n) is 3.86. The Morgan fingerprint density at radius 3 is 2.41 bits per heavy atom. The van der Waals surface area contributed by atoms with Gasteiger partial charge in [-0.05, 0) is 38.2 Å². The van der Waals surface area contributed by atoms with Crippen molar-refractivity contribution in [1.82, 2.24) is 0 Å². The van der Waals surface area contributed by atoms with Crippen LogP contribution in [0.3, 0.4) is 0 Å². The lowest BCUT2D eigenvalue weighted by atomic mass is 10.1. The smallest absolute Gasteiger partial charge is 0.217 e. The Bertz CT molecular complexity index is 503. The van der Waals surface area contributed by atoms with Crippen LogP contribution in [0.5, 0.6) is 0 Å². The van der Waals surface area contributed by atoms with Gasteiger partial charge in [-0.3, -0.25) is 4.79 Å². The normalized spacial score (nSPS) is 10.5. The molecule has 0 aliphatic rings. The molecule has 5 heteroatoms. The topological polar surface area (TPSA) is 50.1 Å². The average Bonchev–Trinajstić information content (AvgIpc) is 2.28. The summed E-state index contributed by atoms with van der Waals surface area (Å²) in [5.41, 5.74) is -0.176. The fraction of sp³-hybridized carbons (Fsp3) is 0.250. The third-order valence-electron chi connectivity index (χ3n) is 1.99. The van der Waals surface area contributed by atoms with E-state index in [9.17, 15) is 4.79 Å². The first-order valence-electron chi connectivity index (χ1n) is 4.84. The predicted octanol–water partition coefficient (Wildman–Crippen LogP) is 2.75. The minimum Gasteiger partial charge on any atom is -0.462 e. The summed E-state index contributed by atoms with van der Waals surface area (Å²) in [4.78, 5) is 11.3. The summed E-state index contributed by atoms with van der Waals surface area (Å²) < 4.78 is 5.35. The van der Waals surface area contributed by atoms with Crippen molar-refractivity contribution in [1.29, 1.82) is 5.26 Å². The maximum absolute atomic E-state index is 11.3. The molecule has 1 rings (SSSR count). The molecule has 1 aromatic rings. The largest absolute Gasteiger partial charge is 0.462 e. The van der Waals surface area contributed by atoms with Gasteiger partial charge in [-0.15, -0.1) is 12.6 Å². The standard InChI is InChI=1S/C12H11NO2S2/c1-12(2,7-13)15-11(17)9-6-4-3-5-8(9)10(14)16/h3-6H,1-2H3,(H,14,16). The average molecular weight is 265 g/mol. The molecular formula is C12H11NO2S2. The van der Waals surface area contributed by atoms with Gasteiger partial charge in [-0.1, -0.05) is 12.1 Å². The molecule has 0 bridgehead atoms. The van der Waals surface area contributed by atoms with Crippen molar-refractivity contribution in [2.24, 2.45) is 0 Å². The SMILES string of the molecule is CC(C)(C#N)OC(=S)c1ccccc1C(=O)S. The van der Waals surface area contributed by atoms with Crippen molar-refractivity contribution in [3.63, 3.8) is 0 Å². The third kappa shape index (κ3) is 3.55. The number of ether oxygens (including phenoxy) is 1. The molecule has 0 atom stereocenters. The first-order chi connectivity index (χ1) is 7.87. The zero-order valence-corrected chi connectivity index (χ0v) is 11.1. The van der Waals surface area contributed by atoms with E-state index in [0.29, 0.717) is 11.1 Å². The van der Waals surface area contributed by atoms with Crippen molar-refractivity contribution in [3.05, 3.63) is 35.4 Å². The van der Waals surface area contributed by atoms with E-state index < -0.39 is 5.60 Å². The summed E-state index contributed by atoms with van der Waals surface area (Å²) >= 11 is 8.85. The van der Waals surface area contributed by atoms with Crippen LogP contribution in [0.15, 0.2) is 24.3 Å². The number of rotatable bonds is 3. The number of hydrogen-bond acceptors (Lipinski definition) is 4. The minimum atomic E-state index is -1.02. The highest BCUT2D eigenvalue weighted by Gasteiger charge is 2.22. The second-order valence-corrected chi connectivity index (χ2v) is 4.64. The lowest BCUT2D eigenvalue weighted by molar-refractivity contribution is 0.108. The molecule has 3 nitrogen and oxygen atoms in total. The predicted molar refractivity (Wildman–Crippen MR) is 72.2 cm³/mol. The molecule has 88 valence electrons. The highest BCUT2D eigenvalue weighted by Crippen LogP contribution is 2.17. The van der Waals surface area contributed by atoms with E-state index in [4.69, 9.17) is 22.2 Å². The molecule has 0 radical (unpaired) electrons. The molecule has 0 aromatic heterocycles. The van der Waals surface area contributed by atoms with Gasteiger partial charge in [0, 0.05) is 11.1 Å². The summed E-state index contributed by atoms with van der Waals surface area (Å²) in [6.45, 7) is 3.20. The van der Waals surface area contributed by atoms with Gasteiger partial charge in [-0.25, -0.2) is 0 Å². The van der Waals surface area contributed by atoms with Gasteiger partial charge in [0.25, 0.3) is 0 Å². The fourth-order valence-corrected chi connectivity index (χ4v) is 1.74. The molecule has 17 heavy (non-hydrogen) atoms. The van der Waals surface area contributed by atoms with Crippen LogP contribution >= 0.6 is 24.8 Å². The van der Waals surface area contributed by atoms with Crippen LogP contribution in [0.1, 0.15) is 29.8 Å². The van der Waals surface area contributed by atoms with Crippen LogP contribution in [0, 0.1) is 11.3 Å². The highest BCUT2D eigenvalue weighted by atomic mass is 32.1. The van der Waals surface area contributed by atoms with Gasteiger partial charge in [0.1, 0.15) is 6.07 Å². The molecule has 0 saturated heterocycles. The summed E-state index contributed by atoms with van der Waals surface area (Å²) in [6, 6.07) is 8.71. The van der Waals surface area contributed by atoms with E-state index in [1.807, 2.05) is 6.07 Å². The summed E-state index contributed by atoms with van der Waals surface area (Å²) in [6.07, 6.45) is 0. The van der Waals surface area contributed by atoms with E-state index in [2.05, 4.69) is 12.6 Å². The monoisotopic (exact) mass is 265 g/mol. The number of thiocarbonyl (C=S) groups is 1. The number of carbonyl (C=O) groups is 1. The van der Waals surface area contributed by atoms with E-state index in [0.717, 1.165) is 0 Å². The number of benzene rings is 1. The van der Waals surface area contributed by atoms with Gasteiger partial charge in [0.2, 0.25) is 5.12 Å². The number of nitriles is 1. The molecule has 0 aliphatic carbocycles. The van der Waals surface area contributed by atoms with Crippen molar-refractivity contribution < 1.29 is 9.53 Å². The fourth-order valence-electron chi connectivity index (χ4n) is 1.16. The van der Waals surface area contributed by atoms with Gasteiger partial charge in [0.15, 0.2) is 10.7 Å². The van der Waals surface area contributed by atoms with Crippen LogP contribution in [0.25, 0.3) is 0 Å². The Morgan fingerprint density at radius 2 is 1.94 bits per heavy atom. The molecule has 0 amide bonds. The molecule has 0 heterocycles. The van der Waals surface area contributed by atoms with Crippen LogP contribution in [0.2, 0.25) is 0 Å². The lowest BCUT2D eigenvalue weighted by Gasteiger charge is -2.19. The zero-order valence-electron chi connectivity index (χ0n) is 9.43. The summed E-state index contributed by atoms with van der Waals surface area (Å²) in [7, 11) is 0. The quantitative estimate of drug-likeness (QED) is 0.674. The van der Waals surface area contributed by atoms with Gasteiger partial charge in [0.05, 0.1) is 0 Å². The van der Waals surface area contributed by atoms with Crippen LogP contribution < -0.4 is 0 Å². The molecule has 0 saturated carbocycles. The van der Waals surface area contributed by atoms with Crippen molar-refractivity contribution in [2.75, 3.05) is 0 Å². The molecule has 0 unspecified atom stereocenters. The van der Waals surface area contributed by atoms with Gasteiger partial charge in [-0.2, -0.15) is 5.26 Å². The minimum absolute atomic E-state index is 0.120. The number of nitrogens with zero attached hydrogens (tertiary/aromatic N) is 1. The number of hydrogen-bond donors (Lipinski definition) is 1.